The van der Waals surface area contributed by atoms with Gasteiger partial charge in [-0.3, -0.25) is 9.88 Å². The first-order valence-corrected chi connectivity index (χ1v) is 10.4. The van der Waals surface area contributed by atoms with Crippen LogP contribution in [-0.4, -0.2) is 48.8 Å². The molecule has 0 bridgehead atoms. The lowest BCUT2D eigenvalue weighted by Crippen LogP contribution is -2.48. The van der Waals surface area contributed by atoms with Crippen molar-refractivity contribution in [2.45, 2.75) is 25.3 Å². The minimum absolute atomic E-state index is 0.450. The van der Waals surface area contributed by atoms with E-state index < -0.39 is 10.0 Å². The Labute approximate surface area is 151 Å². The van der Waals surface area contributed by atoms with Crippen molar-refractivity contribution in [1.82, 2.24) is 14.2 Å². The average Bonchev–Trinajstić information content (AvgIpc) is 2.89. The van der Waals surface area contributed by atoms with Crippen LogP contribution in [0.15, 0.2) is 29.3 Å². The third-order valence-electron chi connectivity index (χ3n) is 4.15. The summed E-state index contributed by atoms with van der Waals surface area (Å²) >= 11 is 7.68. The molecule has 0 N–H and O–H groups in total. The second kappa shape index (κ2) is 7.09. The molecule has 0 unspecified atom stereocenters. The molecule has 8 heteroatoms. The number of rotatable bonds is 4. The molecular weight excluding hydrogens is 366 g/mol. The average molecular weight is 386 g/mol. The van der Waals surface area contributed by atoms with E-state index in [9.17, 15) is 8.42 Å². The lowest BCUT2D eigenvalue weighted by Gasteiger charge is -2.33. The van der Waals surface area contributed by atoms with Gasteiger partial charge in [-0.15, -0.1) is 11.3 Å². The predicted octanol–water partition coefficient (Wildman–Crippen LogP) is 2.92. The molecule has 0 aromatic carbocycles. The van der Waals surface area contributed by atoms with Gasteiger partial charge in [0.25, 0.3) is 0 Å². The molecule has 3 rings (SSSR count). The van der Waals surface area contributed by atoms with Crippen molar-refractivity contribution in [1.29, 1.82) is 0 Å². The third-order valence-corrected chi connectivity index (χ3v) is 7.62. The molecule has 5 nitrogen and oxygen atoms in total. The van der Waals surface area contributed by atoms with Gasteiger partial charge in [0.2, 0.25) is 10.0 Å². The summed E-state index contributed by atoms with van der Waals surface area (Å²) in [5, 5.41) is 0.650. The number of aromatic nitrogens is 1. The second-order valence-corrected chi connectivity index (χ2v) is 9.66. The van der Waals surface area contributed by atoms with Crippen molar-refractivity contribution in [3.8, 4) is 0 Å². The fraction of sp³-hybridized carbons (Fsp3) is 0.438. The maximum atomic E-state index is 12.8. The number of piperazine rings is 1. The van der Waals surface area contributed by atoms with Crippen molar-refractivity contribution in [2.24, 2.45) is 0 Å². The summed E-state index contributed by atoms with van der Waals surface area (Å²) in [5.41, 5.74) is 0.833. The molecule has 0 atom stereocenters. The molecule has 0 aliphatic carbocycles. The lowest BCUT2D eigenvalue weighted by atomic mass is 10.3. The summed E-state index contributed by atoms with van der Waals surface area (Å²) in [6.45, 7) is 6.77. The number of sulfonamides is 1. The number of halogens is 1. The van der Waals surface area contributed by atoms with Crippen molar-refractivity contribution in [3.05, 3.63) is 44.9 Å². The smallest absolute Gasteiger partial charge is 0.244 e. The topological polar surface area (TPSA) is 53.5 Å². The van der Waals surface area contributed by atoms with Gasteiger partial charge in [0.05, 0.1) is 15.6 Å². The summed E-state index contributed by atoms with van der Waals surface area (Å²) < 4.78 is 27.2. The van der Waals surface area contributed by atoms with Crippen molar-refractivity contribution >= 4 is 33.0 Å². The van der Waals surface area contributed by atoms with E-state index in [0.717, 1.165) is 15.4 Å². The van der Waals surface area contributed by atoms with Gasteiger partial charge in [0, 0.05) is 48.7 Å². The molecule has 2 aromatic heterocycles. The van der Waals surface area contributed by atoms with Gasteiger partial charge in [0.15, 0.2) is 0 Å². The highest BCUT2D eigenvalue weighted by atomic mass is 35.5. The van der Waals surface area contributed by atoms with E-state index in [4.69, 9.17) is 11.6 Å². The van der Waals surface area contributed by atoms with Crippen LogP contribution >= 0.6 is 22.9 Å². The van der Waals surface area contributed by atoms with Crippen molar-refractivity contribution < 1.29 is 8.42 Å². The zero-order chi connectivity index (χ0) is 17.3. The molecule has 24 heavy (non-hydrogen) atoms. The van der Waals surface area contributed by atoms with E-state index in [1.54, 1.807) is 16.6 Å². The molecule has 130 valence electrons. The minimum atomic E-state index is -3.40. The van der Waals surface area contributed by atoms with Gasteiger partial charge < -0.3 is 0 Å². The Kier molecular flexibility index (Phi) is 5.27. The van der Waals surface area contributed by atoms with Crippen LogP contribution in [0.5, 0.6) is 0 Å². The Balaban J connectivity index is 1.67. The van der Waals surface area contributed by atoms with Crippen LogP contribution in [0.4, 0.5) is 0 Å². The van der Waals surface area contributed by atoms with Gasteiger partial charge in [0.1, 0.15) is 0 Å². The van der Waals surface area contributed by atoms with Crippen LogP contribution < -0.4 is 0 Å². The fourth-order valence-corrected chi connectivity index (χ4v) is 6.00. The quantitative estimate of drug-likeness (QED) is 0.812. The number of nitrogens with zero attached hydrogens (tertiary/aromatic N) is 3. The minimum Gasteiger partial charge on any atom is -0.295 e. The van der Waals surface area contributed by atoms with Crippen LogP contribution in [0.25, 0.3) is 0 Å². The first-order valence-electron chi connectivity index (χ1n) is 7.77. The Morgan fingerprint density at radius 3 is 2.54 bits per heavy atom. The standard InChI is InChI=1S/C16H20ClN3O2S2/c1-12-10-16(13(2)23-12)24(21,22)20-8-6-19(7-9-20)11-15-14(17)4-3-5-18-15/h3-5,10H,6-9,11H2,1-2H3. The highest BCUT2D eigenvalue weighted by molar-refractivity contribution is 7.89. The number of pyridine rings is 1. The zero-order valence-corrected chi connectivity index (χ0v) is 16.1. The molecule has 3 heterocycles. The maximum absolute atomic E-state index is 12.8. The number of hydrogen-bond acceptors (Lipinski definition) is 5. The van der Waals surface area contributed by atoms with Crippen LogP contribution in [-0.2, 0) is 16.6 Å². The molecule has 1 aliphatic rings. The first-order chi connectivity index (χ1) is 11.4. The second-order valence-electron chi connectivity index (χ2n) is 5.89. The van der Waals surface area contributed by atoms with Gasteiger partial charge in [-0.25, -0.2) is 8.42 Å². The molecule has 2 aromatic rings. The van der Waals surface area contributed by atoms with Crippen LogP contribution in [0.2, 0.25) is 5.02 Å². The Hall–Kier alpha value is -0.990. The predicted molar refractivity (Wildman–Crippen MR) is 97.1 cm³/mol. The molecule has 1 aliphatic heterocycles. The summed E-state index contributed by atoms with van der Waals surface area (Å²) in [7, 11) is -3.40. The van der Waals surface area contributed by atoms with E-state index in [1.807, 2.05) is 26.0 Å². The molecule has 0 radical (unpaired) electrons. The molecule has 0 amide bonds. The normalized spacial score (nSPS) is 17.3. The molecule has 1 saturated heterocycles. The van der Waals surface area contributed by atoms with E-state index >= 15 is 0 Å². The SMILES string of the molecule is Cc1cc(S(=O)(=O)N2CCN(Cc3ncccc3Cl)CC2)c(C)s1. The molecular formula is C16H20ClN3O2S2. The Bertz CT molecular complexity index is 828. The summed E-state index contributed by atoms with van der Waals surface area (Å²) in [6, 6.07) is 5.41. The maximum Gasteiger partial charge on any atom is 0.244 e. The Morgan fingerprint density at radius 1 is 1.25 bits per heavy atom. The number of hydrogen-bond donors (Lipinski definition) is 0. The number of aryl methyl sites for hydroxylation is 2. The van der Waals surface area contributed by atoms with Crippen molar-refractivity contribution in [3.63, 3.8) is 0 Å². The van der Waals surface area contributed by atoms with E-state index in [0.29, 0.717) is 42.6 Å². The van der Waals surface area contributed by atoms with Gasteiger partial charge in [-0.2, -0.15) is 4.31 Å². The van der Waals surface area contributed by atoms with E-state index in [1.165, 1.54) is 11.3 Å². The Morgan fingerprint density at radius 2 is 1.96 bits per heavy atom. The van der Waals surface area contributed by atoms with Crippen LogP contribution in [0, 0.1) is 13.8 Å². The zero-order valence-electron chi connectivity index (χ0n) is 13.7. The van der Waals surface area contributed by atoms with Crippen molar-refractivity contribution in [2.75, 3.05) is 26.2 Å². The van der Waals surface area contributed by atoms with E-state index in [-0.39, 0.29) is 0 Å². The molecule has 0 spiro atoms. The molecule has 1 fully saturated rings. The largest absolute Gasteiger partial charge is 0.295 e. The summed E-state index contributed by atoms with van der Waals surface area (Å²) in [6.07, 6.45) is 1.73. The molecule has 0 saturated carbocycles. The van der Waals surface area contributed by atoms with Gasteiger partial charge in [-0.1, -0.05) is 11.6 Å². The van der Waals surface area contributed by atoms with Gasteiger partial charge >= 0.3 is 0 Å². The lowest BCUT2D eigenvalue weighted by molar-refractivity contribution is 0.180. The van der Waals surface area contributed by atoms with Gasteiger partial charge in [-0.05, 0) is 32.0 Å². The highest BCUT2D eigenvalue weighted by Crippen LogP contribution is 2.28. The summed E-state index contributed by atoms with van der Waals surface area (Å²) in [5.74, 6) is 0. The number of thiophene rings is 1. The summed E-state index contributed by atoms with van der Waals surface area (Å²) in [4.78, 5) is 8.81. The third kappa shape index (κ3) is 3.65. The first kappa shape index (κ1) is 17.8. The highest BCUT2D eigenvalue weighted by Gasteiger charge is 2.30. The van der Waals surface area contributed by atoms with Crippen LogP contribution in [0.3, 0.4) is 0 Å². The van der Waals surface area contributed by atoms with Crippen LogP contribution in [0.1, 0.15) is 15.4 Å². The van der Waals surface area contributed by atoms with E-state index in [2.05, 4.69) is 9.88 Å². The fourth-order valence-electron chi connectivity index (χ4n) is 2.88. The monoisotopic (exact) mass is 385 g/mol.